The van der Waals surface area contributed by atoms with E-state index in [1.165, 1.54) is 316 Å². The molecule has 0 spiro atoms. The zero-order chi connectivity index (χ0) is 78.5. The topological polar surface area (TPSA) is 211 Å². The number of rotatable bonds is 64. The lowest BCUT2D eigenvalue weighted by atomic mass is 9.61. The summed E-state index contributed by atoms with van der Waals surface area (Å²) in [5.74, 6) is 4.99. The highest BCUT2D eigenvalue weighted by Crippen LogP contribution is 2.50. The summed E-state index contributed by atoms with van der Waals surface area (Å²) < 4.78 is 1.78. The van der Waals surface area contributed by atoms with E-state index in [4.69, 9.17) is 0 Å². The van der Waals surface area contributed by atoms with E-state index in [2.05, 4.69) is 38.3 Å². The van der Waals surface area contributed by atoms with Gasteiger partial charge in [-0.15, -0.1) is 0 Å². The van der Waals surface area contributed by atoms with E-state index >= 15 is 0 Å². The summed E-state index contributed by atoms with van der Waals surface area (Å²) >= 11 is 0. The first-order valence-electron chi connectivity index (χ1n) is 46.2. The summed E-state index contributed by atoms with van der Waals surface area (Å²) in [5.41, 5.74) is -2.75. The van der Waals surface area contributed by atoms with Crippen molar-refractivity contribution in [3.8, 4) is 0 Å². The molecule has 618 valence electrons. The molecule has 2 saturated carbocycles. The molecule has 2 aliphatic heterocycles. The second-order valence-corrected chi connectivity index (χ2v) is 34.7. The number of fused-ring (bicyclic) bond motifs is 2. The van der Waals surface area contributed by atoms with Gasteiger partial charge in [-0.3, -0.25) is 66.9 Å². The number of carbonyl (C=O) groups is 6. The first-order chi connectivity index (χ1) is 53.7. The molecule has 0 saturated heterocycles. The molecule has 7 rings (SSSR count). The monoisotopic (exact) mass is 1530 g/mol. The van der Waals surface area contributed by atoms with Gasteiger partial charge in [-0.25, -0.2) is 0 Å². The van der Waals surface area contributed by atoms with Crippen molar-refractivity contribution in [3.05, 3.63) is 77.9 Å². The van der Waals surface area contributed by atoms with Gasteiger partial charge < -0.3 is 10.6 Å². The van der Waals surface area contributed by atoms with Gasteiger partial charge in [-0.1, -0.05) is 310 Å². The smallest absolute Gasteiger partial charge is 0.262 e. The molecule has 2 aromatic heterocycles. The van der Waals surface area contributed by atoms with Crippen molar-refractivity contribution in [1.29, 1.82) is 0 Å². The third-order valence-corrected chi connectivity index (χ3v) is 26.4. The Bertz CT molecular complexity index is 3130. The van der Waals surface area contributed by atoms with E-state index in [1.807, 2.05) is 0 Å². The van der Waals surface area contributed by atoms with Crippen LogP contribution in [-0.4, -0.2) is 80.6 Å². The number of hydrogen-bond donors (Lipinski definition) is 2. The molecule has 4 aliphatic rings. The molecule has 4 heterocycles. The fourth-order valence-corrected chi connectivity index (χ4v) is 20.0. The van der Waals surface area contributed by atoms with E-state index in [0.29, 0.717) is 26.2 Å². The minimum Gasteiger partial charge on any atom is -0.355 e. The van der Waals surface area contributed by atoms with Gasteiger partial charge in [0.1, 0.15) is 13.1 Å². The summed E-state index contributed by atoms with van der Waals surface area (Å²) in [6, 6.07) is 2.56. The number of benzene rings is 1. The molecule has 0 bridgehead atoms. The lowest BCUT2D eigenvalue weighted by Gasteiger charge is -2.44. The van der Waals surface area contributed by atoms with Gasteiger partial charge in [0.25, 0.3) is 45.9 Å². The van der Waals surface area contributed by atoms with Crippen LogP contribution in [-0.2, 0) is 41.9 Å². The van der Waals surface area contributed by atoms with E-state index in [-0.39, 0.29) is 45.2 Å². The molecule has 16 nitrogen and oxygen atoms in total. The molecule has 0 radical (unpaired) electrons. The van der Waals surface area contributed by atoms with E-state index in [9.17, 15) is 47.9 Å². The van der Waals surface area contributed by atoms with E-state index < -0.39 is 47.1 Å². The zero-order valence-electron chi connectivity index (χ0n) is 69.8. The van der Waals surface area contributed by atoms with Crippen LogP contribution in [0.15, 0.2) is 55.6 Å². The Hall–Kier alpha value is -5.80. The highest BCUT2D eigenvalue weighted by atomic mass is 16.2. The minimum absolute atomic E-state index is 0.0261. The average Bonchev–Trinajstić information content (AvgIpc) is 1.58. The van der Waals surface area contributed by atoms with Crippen molar-refractivity contribution in [1.82, 2.24) is 29.6 Å². The Labute approximate surface area is 663 Å². The molecule has 2 aliphatic carbocycles. The van der Waals surface area contributed by atoms with Crippen molar-refractivity contribution in [3.63, 3.8) is 0 Å². The van der Waals surface area contributed by atoms with Gasteiger partial charge in [-0.05, 0) is 137 Å². The second kappa shape index (κ2) is 53.3. The third kappa shape index (κ3) is 30.8. The van der Waals surface area contributed by atoms with Crippen LogP contribution in [0.25, 0.3) is 21.5 Å². The van der Waals surface area contributed by atoms with Crippen LogP contribution in [0.1, 0.15) is 387 Å². The predicted octanol–water partition coefficient (Wildman–Crippen LogP) is 20.9. The fourth-order valence-electron chi connectivity index (χ4n) is 20.0. The number of aromatic nitrogens is 2. The van der Waals surface area contributed by atoms with Gasteiger partial charge in [0, 0.05) is 50.5 Å². The molecule has 2 fully saturated rings. The summed E-state index contributed by atoms with van der Waals surface area (Å²) in [7, 11) is 0. The number of unbranched alkanes of at least 4 members (excludes halogenated alkanes) is 36. The molecule has 1 aromatic carbocycles. The van der Waals surface area contributed by atoms with Crippen molar-refractivity contribution >= 4 is 57.0 Å². The van der Waals surface area contributed by atoms with Crippen LogP contribution in [0, 0.1) is 47.3 Å². The number of carbonyl (C=O) groups excluding carboxylic acids is 6. The van der Waals surface area contributed by atoms with Crippen LogP contribution in [0.3, 0.4) is 0 Å². The molecular formula is C94H152N6O10. The van der Waals surface area contributed by atoms with Crippen LogP contribution in [0.5, 0.6) is 0 Å². The molecule has 8 atom stereocenters. The Morgan fingerprint density at radius 2 is 0.491 bits per heavy atom. The average molecular weight is 1530 g/mol. The Morgan fingerprint density at radius 1 is 0.282 bits per heavy atom. The van der Waals surface area contributed by atoms with Crippen LogP contribution in [0.2, 0.25) is 0 Å². The van der Waals surface area contributed by atoms with Crippen molar-refractivity contribution < 1.29 is 28.8 Å². The van der Waals surface area contributed by atoms with Gasteiger partial charge >= 0.3 is 0 Å². The van der Waals surface area contributed by atoms with Crippen LogP contribution < -0.4 is 32.9 Å². The van der Waals surface area contributed by atoms with Gasteiger partial charge in [0.2, 0.25) is 11.8 Å². The molecule has 16 heteroatoms. The number of imide groups is 2. The summed E-state index contributed by atoms with van der Waals surface area (Å²) in [4.78, 5) is 132. The quantitative estimate of drug-likeness (QED) is 0.0403. The molecule has 8 unspecified atom stereocenters. The van der Waals surface area contributed by atoms with E-state index in [1.54, 1.807) is 0 Å². The molecule has 6 amide bonds. The SMILES string of the molecule is CCCCCCCCC1C(CCCCCC)CCC(CCCCCCCCN2C(=O)C=CC2=O)C1CCCCCCCCNC(=O)Cn1c(=O)c2cc3c(=O)n(CC(=O)NCCCCCCCCC4C(CCCCCCCCN5C(=O)C=CC5=O)CCC(CCCCCC)C4CCCCCCCC)c(=O)c3cc2c1=O. The predicted molar refractivity (Wildman–Crippen MR) is 452 cm³/mol. The fraction of sp³-hybridized carbons (Fsp3) is 0.787. The minimum atomic E-state index is -0.688. The maximum Gasteiger partial charge on any atom is 0.262 e. The lowest BCUT2D eigenvalue weighted by Crippen LogP contribution is -2.36. The van der Waals surface area contributed by atoms with Gasteiger partial charge in [-0.2, -0.15) is 0 Å². The van der Waals surface area contributed by atoms with Crippen LogP contribution in [0.4, 0.5) is 0 Å². The molecular weight excluding hydrogens is 1370 g/mol. The van der Waals surface area contributed by atoms with Gasteiger partial charge in [0.15, 0.2) is 0 Å². The number of hydrogen-bond acceptors (Lipinski definition) is 10. The van der Waals surface area contributed by atoms with Crippen molar-refractivity contribution in [2.75, 3.05) is 26.2 Å². The van der Waals surface area contributed by atoms with Crippen molar-refractivity contribution in [2.24, 2.45) is 47.3 Å². The Kier molecular flexibility index (Phi) is 44.3. The molecule has 110 heavy (non-hydrogen) atoms. The maximum absolute atomic E-state index is 13.7. The highest BCUT2D eigenvalue weighted by molar-refractivity contribution is 6.13. The Balaban J connectivity index is 0.806. The molecule has 2 N–H and O–H groups in total. The summed E-state index contributed by atoms with van der Waals surface area (Å²) in [6.45, 7) is 10.2. The standard InChI is InChI=1S/C94H152N6O10/c1-5-9-13-17-29-41-53-77-73(49-37-15-11-7-3)57-59-75(51-39-27-21-25-35-47-67-97-87(103)61-62-88(97)104)79(77)55-43-31-19-23-33-45-65-95-85(101)71-99-91(107)81-69-83-84(70-82(81)92(99)108)94(110)100(93(83)109)72-86(102)96-66-46-34-24-20-32-44-56-80-76(52-40-28-22-26-36-48-68-98-89(105)63-64-90(98)106)60-58-74(50-38-16-12-8-4)78(80)54-42-30-18-14-10-6-2/h61-64,69-70,73-80H,5-60,65-68,71-72H2,1-4H3,(H,95,101)(H,96,102). The van der Waals surface area contributed by atoms with Crippen molar-refractivity contribution in [2.45, 2.75) is 400 Å². The summed E-state index contributed by atoms with van der Waals surface area (Å²) in [6.07, 6.45) is 75.4. The second-order valence-electron chi connectivity index (χ2n) is 34.7. The Morgan fingerprint density at radius 3 is 0.745 bits per heavy atom. The van der Waals surface area contributed by atoms with Crippen LogP contribution >= 0.6 is 0 Å². The highest BCUT2D eigenvalue weighted by Gasteiger charge is 2.40. The number of nitrogens with zero attached hydrogens (tertiary/aromatic N) is 4. The van der Waals surface area contributed by atoms with Gasteiger partial charge in [0.05, 0.1) is 21.5 Å². The largest absolute Gasteiger partial charge is 0.355 e. The number of nitrogens with one attached hydrogen (secondary N) is 2. The third-order valence-electron chi connectivity index (χ3n) is 26.4. The lowest BCUT2D eigenvalue weighted by molar-refractivity contribution is -0.138. The number of amides is 6. The summed E-state index contributed by atoms with van der Waals surface area (Å²) in [5, 5.41) is 5.74. The van der Waals surface area contributed by atoms with E-state index in [0.717, 1.165) is 146 Å². The zero-order valence-corrected chi connectivity index (χ0v) is 69.8. The maximum atomic E-state index is 13.7. The molecule has 3 aromatic rings. The first-order valence-corrected chi connectivity index (χ1v) is 46.2. The first kappa shape index (κ1) is 91.4. The normalized spacial score (nSPS) is 20.1.